The maximum Gasteiger partial charge on any atom is 0.339 e. The Kier molecular flexibility index (Phi) is 5.50. The molecule has 36 heavy (non-hydrogen) atoms. The van der Waals surface area contributed by atoms with Crippen LogP contribution in [0.5, 0.6) is 0 Å². The lowest BCUT2D eigenvalue weighted by Crippen LogP contribution is -2.55. The number of halogens is 2. The fraction of sp³-hybridized carbons (Fsp3) is 0.296. The standard InChI is InChI=1S/C27H25Cl2N3O4/c1-26(2)12-19-21(20(33)13-26)27(15-7-5-6-8-18(15)31(3)25(27)35)22(24(34)36-4)23(30)32(19)14-9-10-16(28)17(29)11-14/h5-11H,12-13,30H2,1-4H3. The second-order valence-corrected chi connectivity index (χ2v) is 10.9. The zero-order valence-corrected chi connectivity index (χ0v) is 21.8. The normalized spacial score (nSPS) is 22.8. The van der Waals surface area contributed by atoms with Crippen LogP contribution in [0.3, 0.4) is 0 Å². The molecule has 2 heterocycles. The topological polar surface area (TPSA) is 92.9 Å². The summed E-state index contributed by atoms with van der Waals surface area (Å²) in [5.74, 6) is -1.44. The lowest BCUT2D eigenvalue weighted by molar-refractivity contribution is -0.138. The summed E-state index contributed by atoms with van der Waals surface area (Å²) in [6.45, 7) is 3.97. The number of Topliss-reactive ketones (excluding diaryl/α,β-unsaturated/α-hetero) is 1. The van der Waals surface area contributed by atoms with E-state index in [0.29, 0.717) is 34.1 Å². The van der Waals surface area contributed by atoms with Crippen LogP contribution in [-0.4, -0.2) is 31.8 Å². The third-order valence-corrected chi connectivity index (χ3v) is 7.95. The first-order valence-electron chi connectivity index (χ1n) is 11.4. The highest BCUT2D eigenvalue weighted by Crippen LogP contribution is 2.58. The number of hydrogen-bond donors (Lipinski definition) is 1. The predicted octanol–water partition coefficient (Wildman–Crippen LogP) is 4.71. The molecule has 5 rings (SSSR count). The van der Waals surface area contributed by atoms with E-state index in [0.717, 1.165) is 0 Å². The van der Waals surface area contributed by atoms with Gasteiger partial charge >= 0.3 is 5.97 Å². The summed E-state index contributed by atoms with van der Waals surface area (Å²) >= 11 is 12.5. The molecule has 2 aromatic carbocycles. The van der Waals surface area contributed by atoms with E-state index >= 15 is 0 Å². The van der Waals surface area contributed by atoms with Gasteiger partial charge < -0.3 is 15.4 Å². The van der Waals surface area contributed by atoms with E-state index in [2.05, 4.69) is 0 Å². The number of para-hydroxylation sites is 1. The van der Waals surface area contributed by atoms with Crippen LogP contribution in [0.1, 0.15) is 32.3 Å². The molecule has 1 spiro atoms. The van der Waals surface area contributed by atoms with Crippen molar-refractivity contribution >= 4 is 52.2 Å². The Hall–Kier alpha value is -3.29. The van der Waals surface area contributed by atoms with Crippen molar-refractivity contribution in [1.29, 1.82) is 0 Å². The van der Waals surface area contributed by atoms with Crippen LogP contribution in [0.25, 0.3) is 0 Å². The van der Waals surface area contributed by atoms with E-state index in [9.17, 15) is 14.4 Å². The van der Waals surface area contributed by atoms with Gasteiger partial charge in [-0.2, -0.15) is 0 Å². The highest BCUT2D eigenvalue weighted by molar-refractivity contribution is 6.42. The smallest absolute Gasteiger partial charge is 0.339 e. The lowest BCUT2D eigenvalue weighted by atomic mass is 9.60. The number of benzene rings is 2. The summed E-state index contributed by atoms with van der Waals surface area (Å²) in [6.07, 6.45) is 0.640. The van der Waals surface area contributed by atoms with Gasteiger partial charge in [0.05, 0.1) is 17.2 Å². The van der Waals surface area contributed by atoms with Crippen LogP contribution in [0.4, 0.5) is 11.4 Å². The molecule has 0 saturated heterocycles. The molecule has 0 fully saturated rings. The van der Waals surface area contributed by atoms with E-state index in [4.69, 9.17) is 33.7 Å². The van der Waals surface area contributed by atoms with E-state index in [1.807, 2.05) is 13.8 Å². The quantitative estimate of drug-likeness (QED) is 0.570. The Morgan fingerprint density at radius 1 is 1.06 bits per heavy atom. The Bertz CT molecular complexity index is 1430. The average molecular weight is 526 g/mol. The SMILES string of the molecule is COC(=O)C1=C(N)N(c2ccc(Cl)c(Cl)c2)C2=C(C(=O)CC(C)(C)C2)C12C(=O)N(C)c1ccccc12. The minimum Gasteiger partial charge on any atom is -0.466 e. The molecule has 2 N–H and O–H groups in total. The molecule has 2 aromatic rings. The first kappa shape index (κ1) is 24.4. The number of esters is 1. The van der Waals surface area contributed by atoms with Gasteiger partial charge in [-0.25, -0.2) is 4.79 Å². The number of nitrogens with two attached hydrogens (primary N) is 1. The molecule has 9 heteroatoms. The molecule has 1 aliphatic carbocycles. The number of amides is 1. The summed E-state index contributed by atoms with van der Waals surface area (Å²) in [4.78, 5) is 44.8. The van der Waals surface area contributed by atoms with Gasteiger partial charge in [0, 0.05) is 41.7 Å². The van der Waals surface area contributed by atoms with Crippen molar-refractivity contribution in [2.24, 2.45) is 11.1 Å². The first-order valence-corrected chi connectivity index (χ1v) is 12.2. The monoisotopic (exact) mass is 525 g/mol. The molecule has 0 aromatic heterocycles. The molecule has 7 nitrogen and oxygen atoms in total. The first-order chi connectivity index (χ1) is 17.0. The molecule has 1 amide bonds. The minimum atomic E-state index is -1.72. The van der Waals surface area contributed by atoms with Crippen molar-refractivity contribution in [1.82, 2.24) is 0 Å². The molecule has 0 radical (unpaired) electrons. The van der Waals surface area contributed by atoms with Crippen LogP contribution >= 0.6 is 23.2 Å². The van der Waals surface area contributed by atoms with Crippen LogP contribution in [0.15, 0.2) is 65.1 Å². The number of ether oxygens (including phenoxy) is 1. The molecule has 1 atom stereocenters. The molecule has 186 valence electrons. The maximum atomic E-state index is 14.2. The van der Waals surface area contributed by atoms with E-state index in [1.165, 1.54) is 12.0 Å². The van der Waals surface area contributed by atoms with Crippen LogP contribution in [0, 0.1) is 5.41 Å². The Morgan fingerprint density at radius 3 is 2.42 bits per heavy atom. The zero-order chi connectivity index (χ0) is 26.2. The van der Waals surface area contributed by atoms with Crippen LogP contribution in [-0.2, 0) is 24.5 Å². The van der Waals surface area contributed by atoms with Crippen molar-refractivity contribution in [2.45, 2.75) is 32.1 Å². The Morgan fingerprint density at radius 2 is 1.75 bits per heavy atom. The minimum absolute atomic E-state index is 0.00272. The molecular formula is C27H25Cl2N3O4. The second kappa shape index (κ2) is 8.11. The van der Waals surface area contributed by atoms with Gasteiger partial charge in [-0.3, -0.25) is 14.5 Å². The van der Waals surface area contributed by atoms with Gasteiger partial charge in [0.1, 0.15) is 16.8 Å². The highest BCUT2D eigenvalue weighted by atomic mass is 35.5. The number of hydrogen-bond acceptors (Lipinski definition) is 6. The molecule has 2 aliphatic heterocycles. The molecule has 0 saturated carbocycles. The Labute approximate surface area is 219 Å². The summed E-state index contributed by atoms with van der Waals surface area (Å²) in [7, 11) is 2.86. The van der Waals surface area contributed by atoms with Gasteiger partial charge in [-0.1, -0.05) is 55.2 Å². The molecule has 3 aliphatic rings. The number of allylic oxidation sites excluding steroid dienone is 1. The van der Waals surface area contributed by atoms with Crippen molar-refractivity contribution < 1.29 is 19.1 Å². The highest BCUT2D eigenvalue weighted by Gasteiger charge is 2.64. The molecule has 1 unspecified atom stereocenters. The number of nitrogens with zero attached hydrogens (tertiary/aromatic N) is 2. The van der Waals surface area contributed by atoms with Crippen molar-refractivity contribution in [2.75, 3.05) is 24.0 Å². The van der Waals surface area contributed by atoms with E-state index in [-0.39, 0.29) is 34.2 Å². The van der Waals surface area contributed by atoms with Crippen molar-refractivity contribution in [3.8, 4) is 0 Å². The lowest BCUT2D eigenvalue weighted by Gasteiger charge is -2.47. The zero-order valence-electron chi connectivity index (χ0n) is 20.3. The number of carbonyl (C=O) groups is 3. The molecular weight excluding hydrogens is 501 g/mol. The largest absolute Gasteiger partial charge is 0.466 e. The average Bonchev–Trinajstić information content (AvgIpc) is 3.03. The summed E-state index contributed by atoms with van der Waals surface area (Å²) in [5, 5.41) is 0.632. The predicted molar refractivity (Wildman–Crippen MR) is 139 cm³/mol. The van der Waals surface area contributed by atoms with Crippen molar-refractivity contribution in [3.63, 3.8) is 0 Å². The van der Waals surface area contributed by atoms with Gasteiger partial charge in [-0.15, -0.1) is 0 Å². The van der Waals surface area contributed by atoms with Gasteiger partial charge in [-0.05, 0) is 36.1 Å². The van der Waals surface area contributed by atoms with Crippen molar-refractivity contribution in [3.05, 3.63) is 80.7 Å². The number of likely N-dealkylation sites (N-methyl/N-ethyl adjacent to an activating group) is 1. The van der Waals surface area contributed by atoms with E-state index in [1.54, 1.807) is 54.4 Å². The number of anilines is 2. The van der Waals surface area contributed by atoms with Crippen LogP contribution in [0.2, 0.25) is 10.0 Å². The fourth-order valence-electron chi connectivity index (χ4n) is 5.80. The van der Waals surface area contributed by atoms with Gasteiger partial charge in [0.2, 0.25) is 5.91 Å². The fourth-order valence-corrected chi connectivity index (χ4v) is 6.09. The van der Waals surface area contributed by atoms with Gasteiger partial charge in [0.15, 0.2) is 5.78 Å². The van der Waals surface area contributed by atoms with E-state index < -0.39 is 22.7 Å². The number of fused-ring (bicyclic) bond motifs is 3. The molecule has 0 bridgehead atoms. The number of carbonyl (C=O) groups excluding carboxylic acids is 3. The number of ketones is 1. The third-order valence-electron chi connectivity index (χ3n) is 7.22. The number of methoxy groups -OCH3 is 1. The second-order valence-electron chi connectivity index (χ2n) is 10.1. The number of rotatable bonds is 2. The Balaban J connectivity index is 1.94. The summed E-state index contributed by atoms with van der Waals surface area (Å²) in [5.41, 5.74) is 7.00. The van der Waals surface area contributed by atoms with Gasteiger partial charge in [0.25, 0.3) is 0 Å². The maximum absolute atomic E-state index is 14.2. The summed E-state index contributed by atoms with van der Waals surface area (Å²) in [6, 6.07) is 12.1. The summed E-state index contributed by atoms with van der Waals surface area (Å²) < 4.78 is 5.17. The van der Waals surface area contributed by atoms with Crippen LogP contribution < -0.4 is 15.5 Å². The third kappa shape index (κ3) is 3.15.